The van der Waals surface area contributed by atoms with Crippen LogP contribution in [0.5, 0.6) is 5.75 Å². The largest absolute Gasteiger partial charge is 0.487 e. The van der Waals surface area contributed by atoms with Crippen molar-refractivity contribution in [2.75, 3.05) is 70.5 Å². The fourth-order valence-corrected chi connectivity index (χ4v) is 11.6. The first-order valence-corrected chi connectivity index (χ1v) is 25.8. The van der Waals surface area contributed by atoms with Gasteiger partial charge in [0.15, 0.2) is 11.4 Å². The molecule has 10 rings (SSSR count). The van der Waals surface area contributed by atoms with Crippen LogP contribution in [-0.2, 0) is 14.8 Å². The lowest BCUT2D eigenvalue weighted by molar-refractivity contribution is -0.386. The average molecular weight is 977 g/mol. The molecule has 2 N–H and O–H groups in total. The highest BCUT2D eigenvalue weighted by Gasteiger charge is 2.32. The maximum atomic E-state index is 14.3. The van der Waals surface area contributed by atoms with Crippen molar-refractivity contribution in [3.63, 3.8) is 0 Å². The summed E-state index contributed by atoms with van der Waals surface area (Å²) in [5, 5.41) is 17.1. The number of benzene rings is 3. The Balaban J connectivity index is 0.868. The number of anilines is 1. The first-order valence-electron chi connectivity index (χ1n) is 24.0. The molecular formula is C51H58ClN9O7S. The highest BCUT2D eigenvalue weighted by Crippen LogP contribution is 2.43. The van der Waals surface area contributed by atoms with Crippen LogP contribution in [0.4, 0.5) is 11.4 Å². The van der Waals surface area contributed by atoms with Crippen LogP contribution in [0.1, 0.15) is 74.7 Å². The molecule has 0 spiro atoms. The van der Waals surface area contributed by atoms with E-state index in [4.69, 9.17) is 26.1 Å². The summed E-state index contributed by atoms with van der Waals surface area (Å²) in [6.45, 7) is 12.4. The van der Waals surface area contributed by atoms with Crippen molar-refractivity contribution in [3.8, 4) is 11.4 Å². The Morgan fingerprint density at radius 1 is 0.971 bits per heavy atom. The van der Waals surface area contributed by atoms with Gasteiger partial charge in [0.05, 0.1) is 33.2 Å². The number of nitrogens with zero attached hydrogens (tertiary/aromatic N) is 7. The molecule has 3 aromatic carbocycles. The molecule has 3 fully saturated rings. The number of hydrogen-bond donors (Lipinski definition) is 2. The number of allylic oxidation sites excluding steroid dienone is 1. The Morgan fingerprint density at radius 3 is 2.49 bits per heavy atom. The third-order valence-corrected chi connectivity index (χ3v) is 16.1. The van der Waals surface area contributed by atoms with E-state index in [2.05, 4.69) is 55.5 Å². The van der Waals surface area contributed by atoms with E-state index >= 15 is 0 Å². The van der Waals surface area contributed by atoms with Crippen molar-refractivity contribution < 1.29 is 27.6 Å². The summed E-state index contributed by atoms with van der Waals surface area (Å²) in [7, 11) is -4.60. The van der Waals surface area contributed by atoms with Gasteiger partial charge in [-0.3, -0.25) is 29.6 Å². The van der Waals surface area contributed by atoms with Gasteiger partial charge >= 0.3 is 5.69 Å². The fraction of sp³-hybridized carbons (Fsp3) is 0.431. The molecule has 0 radical (unpaired) electrons. The Kier molecular flexibility index (Phi) is 13.2. The predicted molar refractivity (Wildman–Crippen MR) is 267 cm³/mol. The van der Waals surface area contributed by atoms with Crippen LogP contribution >= 0.6 is 11.6 Å². The summed E-state index contributed by atoms with van der Waals surface area (Å²) in [5.41, 5.74) is 7.01. The number of piperazine rings is 1. The number of nitrogens with one attached hydrogen (secondary N) is 2. The van der Waals surface area contributed by atoms with E-state index in [1.165, 1.54) is 28.8 Å². The number of aromatic nitrogens is 4. The number of piperidine rings is 1. The van der Waals surface area contributed by atoms with Gasteiger partial charge in [-0.1, -0.05) is 43.2 Å². The number of ether oxygens (including phenoxy) is 2. The summed E-state index contributed by atoms with van der Waals surface area (Å²) >= 11 is 6.27. The second-order valence-corrected chi connectivity index (χ2v) is 21.8. The van der Waals surface area contributed by atoms with Gasteiger partial charge in [0.1, 0.15) is 5.52 Å². The van der Waals surface area contributed by atoms with Crippen molar-refractivity contribution in [2.24, 2.45) is 11.3 Å². The number of nitro benzene ring substituents is 1. The van der Waals surface area contributed by atoms with Crippen LogP contribution in [0.25, 0.3) is 33.3 Å². The number of hydrogen-bond acceptors (Lipinski definition) is 12. The minimum atomic E-state index is -4.60. The van der Waals surface area contributed by atoms with Crippen LogP contribution < -0.4 is 14.4 Å². The van der Waals surface area contributed by atoms with Gasteiger partial charge in [-0.15, -0.1) is 0 Å². The highest BCUT2D eigenvalue weighted by atomic mass is 35.5. The molecule has 3 saturated heterocycles. The number of rotatable bonds is 13. The van der Waals surface area contributed by atoms with Crippen molar-refractivity contribution in [1.29, 1.82) is 0 Å². The normalized spacial score (nSPS) is 19.1. The Bertz CT molecular complexity index is 3020. The zero-order valence-corrected chi connectivity index (χ0v) is 40.6. The summed E-state index contributed by atoms with van der Waals surface area (Å²) < 4.78 is 43.4. The van der Waals surface area contributed by atoms with E-state index in [0.717, 1.165) is 126 Å². The number of sulfonamides is 1. The molecule has 3 aromatic heterocycles. The van der Waals surface area contributed by atoms with Gasteiger partial charge in [0, 0.05) is 86.5 Å². The summed E-state index contributed by atoms with van der Waals surface area (Å²) in [6, 6.07) is 21.3. The lowest BCUT2D eigenvalue weighted by atomic mass is 9.72. The molecule has 0 saturated carbocycles. The topological polar surface area (TPSA) is 181 Å². The van der Waals surface area contributed by atoms with E-state index in [-0.39, 0.29) is 29.3 Å². The fourth-order valence-electron chi connectivity index (χ4n) is 10.5. The molecule has 4 aliphatic rings. The number of halogens is 1. The summed E-state index contributed by atoms with van der Waals surface area (Å²) in [6.07, 6.45) is 10.4. The molecule has 6 aromatic rings. The second kappa shape index (κ2) is 19.5. The zero-order valence-electron chi connectivity index (χ0n) is 39.0. The van der Waals surface area contributed by atoms with Crippen LogP contribution in [0.15, 0.2) is 95.7 Å². The summed E-state index contributed by atoms with van der Waals surface area (Å²) in [4.78, 5) is 41.9. The highest BCUT2D eigenvalue weighted by molar-refractivity contribution is 7.90. The molecule has 18 heteroatoms. The van der Waals surface area contributed by atoms with E-state index in [1.54, 1.807) is 23.1 Å². The van der Waals surface area contributed by atoms with Crippen molar-refractivity contribution in [2.45, 2.75) is 69.7 Å². The SMILES string of the molecule is CC1(C)CCC(CN2CCN(c3ccc(C(=O)NS(=O)(=O)c4ccc(OCC5CCN(C6CCOCC6)CC5)c([N+](=O)[O-])c4)c(-n4[nH]cc5nc6nccc6cc54)c3)CC2)=C(c2ccc(Cl)cc2)C1. The monoisotopic (exact) mass is 975 g/mol. The molecule has 6 heterocycles. The zero-order chi connectivity index (χ0) is 47.9. The first-order chi connectivity index (χ1) is 33.3. The Labute approximate surface area is 406 Å². The van der Waals surface area contributed by atoms with Crippen molar-refractivity contribution >= 4 is 66.5 Å². The number of likely N-dealkylation sites (tertiary alicyclic amines) is 1. The molecule has 1 amide bonds. The summed E-state index contributed by atoms with van der Waals surface area (Å²) in [5.74, 6) is -0.721. The van der Waals surface area contributed by atoms with E-state index in [9.17, 15) is 23.3 Å². The molecule has 69 heavy (non-hydrogen) atoms. The van der Waals surface area contributed by atoms with Crippen LogP contribution in [-0.4, -0.2) is 120 Å². The quantitative estimate of drug-likeness (QED) is 0.0832. The predicted octanol–water partition coefficient (Wildman–Crippen LogP) is 8.64. The number of carbonyl (C=O) groups is 1. The third-order valence-electron chi connectivity index (χ3n) is 14.6. The number of aromatic amines is 1. The van der Waals surface area contributed by atoms with Gasteiger partial charge in [-0.25, -0.2) is 23.1 Å². The second-order valence-electron chi connectivity index (χ2n) is 19.7. The van der Waals surface area contributed by atoms with Gasteiger partial charge in [-0.2, -0.15) is 0 Å². The molecule has 0 unspecified atom stereocenters. The van der Waals surface area contributed by atoms with Crippen molar-refractivity contribution in [3.05, 3.63) is 117 Å². The lowest BCUT2D eigenvalue weighted by Crippen LogP contribution is -2.47. The van der Waals surface area contributed by atoms with Gasteiger partial charge in [-0.05, 0) is 135 Å². The Morgan fingerprint density at radius 2 is 1.74 bits per heavy atom. The number of nitro groups is 1. The van der Waals surface area contributed by atoms with Crippen LogP contribution in [0, 0.1) is 21.4 Å². The molecule has 3 aliphatic heterocycles. The number of carbonyl (C=O) groups excluding carboxylic acids is 1. The van der Waals surface area contributed by atoms with E-state index < -0.39 is 31.4 Å². The number of fused-ring (bicyclic) bond motifs is 2. The third kappa shape index (κ3) is 10.2. The van der Waals surface area contributed by atoms with Gasteiger partial charge < -0.3 is 19.3 Å². The Hall–Kier alpha value is -5.85. The van der Waals surface area contributed by atoms with Crippen molar-refractivity contribution in [1.82, 2.24) is 34.3 Å². The number of H-pyrrole nitrogens is 1. The maximum absolute atomic E-state index is 14.3. The standard InChI is InChI=1S/C51H58ClN9O7S/c1-51(2)17-11-37(43(30-51)35-3-5-38(52)6-4-35)32-57-21-23-59(24-22-57)40-7-9-42(45(28-40)60-46-27-36-12-18-53-49(36)55-44(46)31-54-60)50(62)56-69(65,66)41-8-10-48(47(29-41)61(63)64)68-33-34-13-19-58(20-14-34)39-15-25-67-26-16-39/h3-10,12,18,27-29,31,34,39,54H,11,13-17,19-26,30,32-33H2,1-2H3,(H,56,62). The first kappa shape index (κ1) is 46.9. The molecule has 0 bridgehead atoms. The smallest absolute Gasteiger partial charge is 0.312 e. The molecular weight excluding hydrogens is 918 g/mol. The molecule has 362 valence electrons. The molecule has 0 atom stereocenters. The van der Waals surface area contributed by atoms with E-state index in [0.29, 0.717) is 28.4 Å². The van der Waals surface area contributed by atoms with Gasteiger partial charge in [0.25, 0.3) is 15.9 Å². The number of pyridine rings is 1. The average Bonchev–Trinajstić information content (AvgIpc) is 4.00. The maximum Gasteiger partial charge on any atom is 0.312 e. The van der Waals surface area contributed by atoms with Gasteiger partial charge in [0.2, 0.25) is 0 Å². The minimum absolute atomic E-state index is 0.0218. The molecule has 1 aliphatic carbocycles. The van der Waals surface area contributed by atoms with E-state index in [1.807, 2.05) is 36.4 Å². The van der Waals surface area contributed by atoms with Crippen LogP contribution in [0.3, 0.4) is 0 Å². The molecule has 16 nitrogen and oxygen atoms in total. The minimum Gasteiger partial charge on any atom is -0.487 e. The lowest BCUT2D eigenvalue weighted by Gasteiger charge is -2.39. The number of amides is 1. The van der Waals surface area contributed by atoms with Crippen LogP contribution in [0.2, 0.25) is 5.02 Å².